The van der Waals surface area contributed by atoms with Crippen molar-refractivity contribution in [1.29, 1.82) is 0 Å². The monoisotopic (exact) mass is 359 g/mol. The second-order valence-corrected chi connectivity index (χ2v) is 6.29. The van der Waals surface area contributed by atoms with Crippen molar-refractivity contribution in [3.8, 4) is 11.5 Å². The van der Waals surface area contributed by atoms with Crippen LogP contribution >= 0.6 is 0 Å². The number of hydrogen-bond donors (Lipinski definition) is 1. The highest BCUT2D eigenvalue weighted by atomic mass is 16.5. The van der Waals surface area contributed by atoms with Crippen molar-refractivity contribution in [2.75, 3.05) is 33.4 Å². The van der Waals surface area contributed by atoms with Crippen LogP contribution in [0.4, 0.5) is 0 Å². The topological polar surface area (TPSA) is 95.5 Å². The van der Waals surface area contributed by atoms with Crippen molar-refractivity contribution in [2.24, 2.45) is 5.73 Å². The van der Waals surface area contributed by atoms with Gasteiger partial charge in [0.15, 0.2) is 0 Å². The van der Waals surface area contributed by atoms with Gasteiger partial charge >= 0.3 is 0 Å². The number of benzene rings is 1. The number of rotatable bonds is 7. The van der Waals surface area contributed by atoms with Crippen LogP contribution in [0.2, 0.25) is 0 Å². The molecule has 0 aliphatic carbocycles. The molecule has 1 amide bonds. The molecule has 2 N–H and O–H groups in total. The summed E-state index contributed by atoms with van der Waals surface area (Å²) in [5.74, 6) is 1.18. The van der Waals surface area contributed by atoms with E-state index in [1.165, 1.54) is 0 Å². The van der Waals surface area contributed by atoms with Gasteiger partial charge in [0, 0.05) is 19.1 Å². The van der Waals surface area contributed by atoms with Gasteiger partial charge < -0.3 is 24.7 Å². The van der Waals surface area contributed by atoms with Crippen LogP contribution in [0.1, 0.15) is 35.7 Å². The maximum Gasteiger partial charge on any atom is 0.257 e. The second-order valence-electron chi connectivity index (χ2n) is 6.29. The average molecular weight is 359 g/mol. The van der Waals surface area contributed by atoms with E-state index >= 15 is 0 Å². The van der Waals surface area contributed by atoms with Gasteiger partial charge in [-0.05, 0) is 44.0 Å². The molecule has 1 aliphatic heterocycles. The van der Waals surface area contributed by atoms with Crippen molar-refractivity contribution in [2.45, 2.75) is 25.3 Å². The first-order valence-corrected chi connectivity index (χ1v) is 8.87. The highest BCUT2D eigenvalue weighted by Gasteiger charge is 2.26. The Morgan fingerprint density at radius 3 is 2.65 bits per heavy atom. The summed E-state index contributed by atoms with van der Waals surface area (Å²) in [6, 6.07) is 5.66. The average Bonchev–Trinajstić information content (AvgIpc) is 3.23. The van der Waals surface area contributed by atoms with Gasteiger partial charge in [-0.2, -0.15) is 0 Å². The van der Waals surface area contributed by atoms with Gasteiger partial charge in [0.1, 0.15) is 24.2 Å². The summed E-state index contributed by atoms with van der Waals surface area (Å²) < 4.78 is 13.0. The summed E-state index contributed by atoms with van der Waals surface area (Å²) in [4.78, 5) is 14.9. The number of carbonyl (C=O) groups excluding carboxylic acids is 1. The molecular weight excluding hydrogens is 334 g/mol. The van der Waals surface area contributed by atoms with Crippen molar-refractivity contribution in [3.63, 3.8) is 0 Å². The Morgan fingerprint density at radius 1 is 1.27 bits per heavy atom. The van der Waals surface area contributed by atoms with E-state index in [1.54, 1.807) is 38.0 Å². The number of nitrogens with two attached hydrogens (primary N) is 1. The van der Waals surface area contributed by atoms with Gasteiger partial charge in [0.25, 0.3) is 5.91 Å². The number of ether oxygens (including phenoxy) is 2. The summed E-state index contributed by atoms with van der Waals surface area (Å²) in [7, 11) is 1.59. The quantitative estimate of drug-likeness (QED) is 0.753. The third kappa shape index (κ3) is 4.13. The van der Waals surface area contributed by atoms with E-state index in [0.717, 1.165) is 19.3 Å². The van der Waals surface area contributed by atoms with Crippen LogP contribution in [0, 0.1) is 0 Å². The summed E-state index contributed by atoms with van der Waals surface area (Å²) in [6.07, 6.45) is 5.94. The van der Waals surface area contributed by atoms with Gasteiger partial charge in [-0.1, -0.05) is 0 Å². The van der Waals surface area contributed by atoms with Gasteiger partial charge in [-0.3, -0.25) is 4.79 Å². The lowest BCUT2D eigenvalue weighted by Crippen LogP contribution is -2.39. The highest BCUT2D eigenvalue weighted by Crippen LogP contribution is 2.28. The summed E-state index contributed by atoms with van der Waals surface area (Å²) in [5.41, 5.74) is 6.05. The minimum absolute atomic E-state index is 0.0335. The summed E-state index contributed by atoms with van der Waals surface area (Å²) in [5, 5.41) is 7.72. The number of carbonyl (C=O) groups is 1. The van der Waals surface area contributed by atoms with E-state index in [4.69, 9.17) is 15.2 Å². The number of nitrogens with zero attached hydrogens (tertiary/aromatic N) is 4. The first-order valence-electron chi connectivity index (χ1n) is 8.87. The summed E-state index contributed by atoms with van der Waals surface area (Å²) >= 11 is 0. The van der Waals surface area contributed by atoms with Crippen molar-refractivity contribution < 1.29 is 14.3 Å². The van der Waals surface area contributed by atoms with E-state index in [9.17, 15) is 4.79 Å². The Kier molecular flexibility index (Phi) is 6.06. The number of methoxy groups -OCH3 is 1. The fourth-order valence-corrected chi connectivity index (χ4v) is 3.13. The lowest BCUT2D eigenvalue weighted by atomic mass is 10.0. The van der Waals surface area contributed by atoms with Gasteiger partial charge in [0.2, 0.25) is 0 Å². The fraction of sp³-hybridized carbons (Fsp3) is 0.500. The zero-order valence-corrected chi connectivity index (χ0v) is 15.0. The molecule has 8 nitrogen and oxygen atoms in total. The molecule has 0 unspecified atom stereocenters. The molecular formula is C18H25N5O3. The zero-order chi connectivity index (χ0) is 18.4. The molecule has 0 atom stereocenters. The SMILES string of the molecule is COc1ccc(OCCCN)c(C(=O)N2CCC(n3cnnc3)CC2)c1. The molecule has 1 aromatic carbocycles. The Morgan fingerprint density at radius 2 is 2.00 bits per heavy atom. The van der Waals surface area contributed by atoms with Crippen molar-refractivity contribution >= 4 is 5.91 Å². The van der Waals surface area contributed by atoms with Crippen LogP contribution in [-0.2, 0) is 0 Å². The predicted molar refractivity (Wildman–Crippen MR) is 96.4 cm³/mol. The maximum atomic E-state index is 13.0. The minimum Gasteiger partial charge on any atom is -0.497 e. The standard InChI is InChI=1S/C18H25N5O3/c1-25-15-3-4-17(26-10-2-7-19)16(11-15)18(24)22-8-5-14(6-9-22)23-12-20-21-13-23/h3-4,11-14H,2,5-10,19H2,1H3. The summed E-state index contributed by atoms with van der Waals surface area (Å²) in [6.45, 7) is 2.40. The Balaban J connectivity index is 1.70. The maximum absolute atomic E-state index is 13.0. The molecule has 8 heteroatoms. The van der Waals surface area contributed by atoms with Gasteiger partial charge in [-0.15, -0.1) is 10.2 Å². The van der Waals surface area contributed by atoms with Crippen LogP contribution in [0.5, 0.6) is 11.5 Å². The lowest BCUT2D eigenvalue weighted by Gasteiger charge is -2.32. The van der Waals surface area contributed by atoms with Crippen molar-refractivity contribution in [1.82, 2.24) is 19.7 Å². The van der Waals surface area contributed by atoms with Crippen molar-refractivity contribution in [3.05, 3.63) is 36.4 Å². The predicted octanol–water partition coefficient (Wildman–Crippen LogP) is 1.49. The van der Waals surface area contributed by atoms with Crippen LogP contribution < -0.4 is 15.2 Å². The minimum atomic E-state index is -0.0335. The Labute approximate surface area is 152 Å². The van der Waals surface area contributed by atoms with E-state index in [-0.39, 0.29) is 5.91 Å². The van der Waals surface area contributed by atoms with Crippen LogP contribution in [-0.4, -0.2) is 58.9 Å². The molecule has 3 rings (SSSR count). The van der Waals surface area contributed by atoms with E-state index in [2.05, 4.69) is 10.2 Å². The molecule has 2 aromatic rings. The fourth-order valence-electron chi connectivity index (χ4n) is 3.13. The third-order valence-electron chi connectivity index (χ3n) is 4.63. The molecule has 2 heterocycles. The molecule has 0 saturated carbocycles. The molecule has 1 aromatic heterocycles. The van der Waals surface area contributed by atoms with E-state index in [1.807, 2.05) is 9.47 Å². The number of hydrogen-bond acceptors (Lipinski definition) is 6. The first kappa shape index (κ1) is 18.2. The first-order chi connectivity index (χ1) is 12.7. The van der Waals surface area contributed by atoms with Crippen LogP contribution in [0.15, 0.2) is 30.9 Å². The van der Waals surface area contributed by atoms with E-state index < -0.39 is 0 Å². The number of aromatic nitrogens is 3. The molecule has 1 aliphatic rings. The molecule has 140 valence electrons. The smallest absolute Gasteiger partial charge is 0.257 e. The van der Waals surface area contributed by atoms with E-state index in [0.29, 0.717) is 49.3 Å². The zero-order valence-electron chi connectivity index (χ0n) is 15.0. The van der Waals surface area contributed by atoms with Gasteiger partial charge in [-0.25, -0.2) is 0 Å². The number of likely N-dealkylation sites (tertiary alicyclic amines) is 1. The molecule has 1 fully saturated rings. The Bertz CT molecular complexity index is 712. The lowest BCUT2D eigenvalue weighted by molar-refractivity contribution is 0.0689. The molecule has 0 radical (unpaired) electrons. The van der Waals surface area contributed by atoms with Gasteiger partial charge in [0.05, 0.1) is 19.3 Å². The second kappa shape index (κ2) is 8.66. The Hall–Kier alpha value is -2.61. The molecule has 0 spiro atoms. The normalized spacial score (nSPS) is 15.1. The largest absolute Gasteiger partial charge is 0.497 e. The number of piperidine rings is 1. The molecule has 0 bridgehead atoms. The van der Waals surface area contributed by atoms with Crippen LogP contribution in [0.25, 0.3) is 0 Å². The third-order valence-corrected chi connectivity index (χ3v) is 4.63. The molecule has 1 saturated heterocycles. The molecule has 26 heavy (non-hydrogen) atoms. The van der Waals surface area contributed by atoms with Crippen LogP contribution in [0.3, 0.4) is 0 Å². The number of amides is 1. The highest BCUT2D eigenvalue weighted by molar-refractivity contribution is 5.97.